The van der Waals surface area contributed by atoms with Gasteiger partial charge in [-0.05, 0) is 46.0 Å². The number of nitrogens with two attached hydrogens (primary N) is 1. The SMILES string of the molecule is CC(C)(C)OC(=O)N1CC[C@H](C2(C(N)=O)CC2)C1. The highest BCUT2D eigenvalue weighted by Crippen LogP contribution is 2.54. The van der Waals surface area contributed by atoms with Crippen LogP contribution in [0.1, 0.15) is 40.0 Å². The normalized spacial score (nSPS) is 25.9. The van der Waals surface area contributed by atoms with Crippen LogP contribution in [0.5, 0.6) is 0 Å². The molecule has 1 saturated carbocycles. The predicted octanol–water partition coefficient (Wildman–Crippen LogP) is 1.51. The van der Waals surface area contributed by atoms with Crippen LogP contribution in [-0.4, -0.2) is 35.6 Å². The second-order valence-electron chi connectivity index (χ2n) is 6.43. The number of likely N-dealkylation sites (tertiary alicyclic amines) is 1. The number of hydrogen-bond acceptors (Lipinski definition) is 3. The molecule has 1 aliphatic carbocycles. The molecule has 102 valence electrons. The van der Waals surface area contributed by atoms with Crippen LogP contribution < -0.4 is 5.73 Å². The van der Waals surface area contributed by atoms with E-state index >= 15 is 0 Å². The molecule has 18 heavy (non-hydrogen) atoms. The number of carbonyl (C=O) groups excluding carboxylic acids is 2. The number of hydrogen-bond donors (Lipinski definition) is 1. The van der Waals surface area contributed by atoms with E-state index in [9.17, 15) is 9.59 Å². The molecule has 1 atom stereocenters. The van der Waals surface area contributed by atoms with Gasteiger partial charge in [-0.15, -0.1) is 0 Å². The summed E-state index contributed by atoms with van der Waals surface area (Å²) in [5.41, 5.74) is 4.65. The molecule has 0 spiro atoms. The van der Waals surface area contributed by atoms with Gasteiger partial charge in [0.25, 0.3) is 0 Å². The van der Waals surface area contributed by atoms with E-state index in [1.165, 1.54) is 0 Å². The Balaban J connectivity index is 1.93. The van der Waals surface area contributed by atoms with Gasteiger partial charge in [-0.2, -0.15) is 0 Å². The Morgan fingerprint density at radius 2 is 1.94 bits per heavy atom. The van der Waals surface area contributed by atoms with Crippen molar-refractivity contribution in [3.05, 3.63) is 0 Å². The second-order valence-corrected chi connectivity index (χ2v) is 6.43. The molecule has 5 nitrogen and oxygen atoms in total. The lowest BCUT2D eigenvalue weighted by molar-refractivity contribution is -0.124. The van der Waals surface area contributed by atoms with Gasteiger partial charge in [-0.3, -0.25) is 4.79 Å². The van der Waals surface area contributed by atoms with E-state index in [1.54, 1.807) is 4.90 Å². The van der Waals surface area contributed by atoms with Crippen molar-refractivity contribution < 1.29 is 14.3 Å². The van der Waals surface area contributed by atoms with Gasteiger partial charge < -0.3 is 15.4 Å². The molecule has 2 amide bonds. The molecule has 0 aromatic carbocycles. The molecule has 2 N–H and O–H groups in total. The summed E-state index contributed by atoms with van der Waals surface area (Å²) in [5.74, 6) is 0.000979. The summed E-state index contributed by atoms with van der Waals surface area (Å²) in [5, 5.41) is 0. The first-order valence-electron chi connectivity index (χ1n) is 6.52. The van der Waals surface area contributed by atoms with Crippen molar-refractivity contribution in [1.82, 2.24) is 4.90 Å². The van der Waals surface area contributed by atoms with E-state index in [1.807, 2.05) is 20.8 Å². The molecule has 0 unspecified atom stereocenters. The molecule has 0 bridgehead atoms. The molecule has 0 aromatic rings. The van der Waals surface area contributed by atoms with Crippen molar-refractivity contribution in [2.45, 2.75) is 45.6 Å². The van der Waals surface area contributed by atoms with Crippen molar-refractivity contribution in [3.8, 4) is 0 Å². The van der Waals surface area contributed by atoms with Crippen LogP contribution >= 0.6 is 0 Å². The van der Waals surface area contributed by atoms with Crippen LogP contribution in [0.25, 0.3) is 0 Å². The van der Waals surface area contributed by atoms with Crippen molar-refractivity contribution in [2.75, 3.05) is 13.1 Å². The minimum Gasteiger partial charge on any atom is -0.444 e. The summed E-state index contributed by atoms with van der Waals surface area (Å²) in [4.78, 5) is 25.1. The molecule has 0 aromatic heterocycles. The number of ether oxygens (including phenoxy) is 1. The fourth-order valence-electron chi connectivity index (χ4n) is 2.69. The zero-order valence-corrected chi connectivity index (χ0v) is 11.4. The fraction of sp³-hybridized carbons (Fsp3) is 0.846. The maximum absolute atomic E-state index is 11.9. The maximum atomic E-state index is 11.9. The number of rotatable bonds is 2. The molecule has 1 aliphatic heterocycles. The number of nitrogens with zero attached hydrogens (tertiary/aromatic N) is 1. The maximum Gasteiger partial charge on any atom is 0.410 e. The Morgan fingerprint density at radius 3 is 2.39 bits per heavy atom. The monoisotopic (exact) mass is 254 g/mol. The topological polar surface area (TPSA) is 72.6 Å². The van der Waals surface area contributed by atoms with Gasteiger partial charge in [0.2, 0.25) is 5.91 Å². The molecule has 2 rings (SSSR count). The Kier molecular flexibility index (Phi) is 3.03. The van der Waals surface area contributed by atoms with Gasteiger partial charge in [0, 0.05) is 13.1 Å². The third-order valence-electron chi connectivity index (χ3n) is 3.90. The number of primary amides is 1. The van der Waals surface area contributed by atoms with E-state index in [0.717, 1.165) is 19.3 Å². The summed E-state index contributed by atoms with van der Waals surface area (Å²) in [6.07, 6.45) is 2.30. The summed E-state index contributed by atoms with van der Waals surface area (Å²) >= 11 is 0. The average Bonchev–Trinajstić information content (AvgIpc) is 2.87. The molecule has 1 heterocycles. The van der Waals surface area contributed by atoms with E-state index < -0.39 is 5.60 Å². The van der Waals surface area contributed by atoms with Gasteiger partial charge in [-0.25, -0.2) is 4.79 Å². The van der Waals surface area contributed by atoms with Gasteiger partial charge in [0.15, 0.2) is 0 Å². The Bertz CT molecular complexity index is 369. The standard InChI is InChI=1S/C13H22N2O3/c1-12(2,3)18-11(17)15-7-4-9(8-15)13(5-6-13)10(14)16/h9H,4-8H2,1-3H3,(H2,14,16)/t9-/m0/s1. The molecular formula is C13H22N2O3. The highest BCUT2D eigenvalue weighted by Gasteiger charge is 2.56. The summed E-state index contributed by atoms with van der Waals surface area (Å²) in [6, 6.07) is 0. The first kappa shape index (κ1) is 13.2. The lowest BCUT2D eigenvalue weighted by Gasteiger charge is -2.25. The largest absolute Gasteiger partial charge is 0.444 e. The van der Waals surface area contributed by atoms with Gasteiger partial charge in [0.1, 0.15) is 5.60 Å². The zero-order chi connectivity index (χ0) is 13.6. The molecule has 2 fully saturated rings. The summed E-state index contributed by atoms with van der Waals surface area (Å²) < 4.78 is 5.33. The predicted molar refractivity (Wildman–Crippen MR) is 66.8 cm³/mol. The molecular weight excluding hydrogens is 232 g/mol. The minimum absolute atomic E-state index is 0.210. The van der Waals surface area contributed by atoms with E-state index in [-0.39, 0.29) is 23.3 Å². The summed E-state index contributed by atoms with van der Waals surface area (Å²) in [6.45, 7) is 6.81. The molecule has 5 heteroatoms. The second kappa shape index (κ2) is 4.14. The molecule has 1 saturated heterocycles. The zero-order valence-electron chi connectivity index (χ0n) is 11.4. The van der Waals surface area contributed by atoms with Crippen LogP contribution in [0.2, 0.25) is 0 Å². The van der Waals surface area contributed by atoms with Crippen LogP contribution in [0, 0.1) is 11.3 Å². The lowest BCUT2D eigenvalue weighted by Crippen LogP contribution is -2.37. The first-order valence-corrected chi connectivity index (χ1v) is 6.52. The first-order chi connectivity index (χ1) is 8.24. The van der Waals surface area contributed by atoms with E-state index in [4.69, 9.17) is 10.5 Å². The highest BCUT2D eigenvalue weighted by atomic mass is 16.6. The Hall–Kier alpha value is -1.26. The van der Waals surface area contributed by atoms with Gasteiger partial charge >= 0.3 is 6.09 Å². The average molecular weight is 254 g/mol. The molecule has 0 radical (unpaired) electrons. The number of amides is 2. The van der Waals surface area contributed by atoms with Crippen LogP contribution in [0.3, 0.4) is 0 Å². The van der Waals surface area contributed by atoms with Crippen molar-refractivity contribution >= 4 is 12.0 Å². The van der Waals surface area contributed by atoms with Gasteiger partial charge in [-0.1, -0.05) is 0 Å². The number of carbonyl (C=O) groups is 2. The smallest absolute Gasteiger partial charge is 0.410 e. The third-order valence-corrected chi connectivity index (χ3v) is 3.90. The fourth-order valence-corrected chi connectivity index (χ4v) is 2.69. The van der Waals surface area contributed by atoms with Crippen LogP contribution in [0.4, 0.5) is 4.79 Å². The minimum atomic E-state index is -0.476. The summed E-state index contributed by atoms with van der Waals surface area (Å²) in [7, 11) is 0. The lowest BCUT2D eigenvalue weighted by atomic mass is 9.88. The van der Waals surface area contributed by atoms with E-state index in [2.05, 4.69) is 0 Å². The van der Waals surface area contributed by atoms with Crippen LogP contribution in [-0.2, 0) is 9.53 Å². The Labute approximate surface area is 108 Å². The van der Waals surface area contributed by atoms with E-state index in [0.29, 0.717) is 13.1 Å². The van der Waals surface area contributed by atoms with Crippen molar-refractivity contribution in [3.63, 3.8) is 0 Å². The van der Waals surface area contributed by atoms with Crippen LogP contribution in [0.15, 0.2) is 0 Å². The van der Waals surface area contributed by atoms with Crippen molar-refractivity contribution in [1.29, 1.82) is 0 Å². The van der Waals surface area contributed by atoms with Gasteiger partial charge in [0.05, 0.1) is 5.41 Å². The third kappa shape index (κ3) is 2.44. The van der Waals surface area contributed by atoms with Crippen molar-refractivity contribution in [2.24, 2.45) is 17.1 Å². The Morgan fingerprint density at radius 1 is 1.33 bits per heavy atom. The molecule has 2 aliphatic rings. The quantitative estimate of drug-likeness (QED) is 0.811. The highest BCUT2D eigenvalue weighted by molar-refractivity contribution is 5.84.